The van der Waals surface area contributed by atoms with Crippen molar-refractivity contribution in [1.29, 1.82) is 0 Å². The topological polar surface area (TPSA) is 72.5 Å². The molecule has 0 aromatic heterocycles. The number of aryl methyl sites for hydroxylation is 2. The molecule has 0 aliphatic rings. The molecule has 4 nitrogen and oxygen atoms in total. The number of hydrogen-bond acceptors (Lipinski definition) is 3. The van der Waals surface area contributed by atoms with Gasteiger partial charge < -0.3 is 15.6 Å². The summed E-state index contributed by atoms with van der Waals surface area (Å²) in [6, 6.07) is 8.66. The molecular weight excluding hydrogens is 254 g/mol. The van der Waals surface area contributed by atoms with E-state index in [-0.39, 0.29) is 11.3 Å². The number of hydrogen-bond donors (Lipinski definition) is 2. The van der Waals surface area contributed by atoms with Gasteiger partial charge in [0.25, 0.3) is 0 Å². The predicted octanol–water partition coefficient (Wildman–Crippen LogP) is 3.68. The SMILES string of the molecule is Cc1ccc(C)c(Oc2ccc(N)c(C(=O)O)c2)c1C. The van der Waals surface area contributed by atoms with Crippen LogP contribution in [0, 0.1) is 20.8 Å². The van der Waals surface area contributed by atoms with Crippen LogP contribution in [0.2, 0.25) is 0 Å². The number of benzene rings is 2. The molecule has 4 heteroatoms. The molecule has 104 valence electrons. The molecule has 0 aliphatic carbocycles. The predicted molar refractivity (Wildman–Crippen MR) is 78.5 cm³/mol. The van der Waals surface area contributed by atoms with Crippen LogP contribution in [0.1, 0.15) is 27.0 Å². The van der Waals surface area contributed by atoms with Crippen molar-refractivity contribution in [1.82, 2.24) is 0 Å². The Balaban J connectivity index is 2.43. The molecule has 0 atom stereocenters. The van der Waals surface area contributed by atoms with Crippen molar-refractivity contribution < 1.29 is 14.6 Å². The van der Waals surface area contributed by atoms with E-state index in [1.165, 1.54) is 6.07 Å². The Morgan fingerprint density at radius 3 is 2.40 bits per heavy atom. The van der Waals surface area contributed by atoms with Crippen LogP contribution in [-0.4, -0.2) is 11.1 Å². The summed E-state index contributed by atoms with van der Waals surface area (Å²) in [7, 11) is 0. The number of nitrogen functional groups attached to an aromatic ring is 1. The van der Waals surface area contributed by atoms with Crippen LogP contribution in [0.3, 0.4) is 0 Å². The molecule has 0 bridgehead atoms. The Bertz CT molecular complexity index is 678. The number of rotatable bonds is 3. The molecule has 0 heterocycles. The average molecular weight is 271 g/mol. The van der Waals surface area contributed by atoms with Gasteiger partial charge in [0.05, 0.1) is 5.56 Å². The molecule has 0 spiro atoms. The van der Waals surface area contributed by atoms with Crippen molar-refractivity contribution in [3.63, 3.8) is 0 Å². The molecule has 0 amide bonds. The summed E-state index contributed by atoms with van der Waals surface area (Å²) in [5, 5.41) is 9.07. The van der Waals surface area contributed by atoms with Gasteiger partial charge in [-0.25, -0.2) is 4.79 Å². The maximum Gasteiger partial charge on any atom is 0.337 e. The zero-order valence-corrected chi connectivity index (χ0v) is 11.7. The second-order valence-corrected chi connectivity index (χ2v) is 4.81. The monoisotopic (exact) mass is 271 g/mol. The van der Waals surface area contributed by atoms with Crippen molar-refractivity contribution in [3.8, 4) is 11.5 Å². The lowest BCUT2D eigenvalue weighted by atomic mass is 10.1. The van der Waals surface area contributed by atoms with Gasteiger partial charge in [-0.05, 0) is 55.7 Å². The molecule has 0 aliphatic heterocycles. The van der Waals surface area contributed by atoms with Crippen molar-refractivity contribution in [3.05, 3.63) is 52.6 Å². The zero-order valence-electron chi connectivity index (χ0n) is 11.7. The summed E-state index contributed by atoms with van der Waals surface area (Å²) in [5.74, 6) is 0.158. The first-order valence-corrected chi connectivity index (χ1v) is 6.27. The number of carboxylic acids is 1. The lowest BCUT2D eigenvalue weighted by Crippen LogP contribution is -2.02. The molecule has 0 saturated carbocycles. The Hall–Kier alpha value is -2.49. The minimum absolute atomic E-state index is 0.0467. The second-order valence-electron chi connectivity index (χ2n) is 4.81. The highest BCUT2D eigenvalue weighted by molar-refractivity contribution is 5.94. The minimum Gasteiger partial charge on any atom is -0.478 e. The van der Waals surface area contributed by atoms with Gasteiger partial charge in [0.1, 0.15) is 11.5 Å². The first kappa shape index (κ1) is 13.9. The van der Waals surface area contributed by atoms with Crippen LogP contribution in [0.25, 0.3) is 0 Å². The van der Waals surface area contributed by atoms with Gasteiger partial charge in [0, 0.05) is 5.69 Å². The molecule has 0 radical (unpaired) electrons. The van der Waals surface area contributed by atoms with E-state index in [2.05, 4.69) is 0 Å². The Morgan fingerprint density at radius 2 is 1.75 bits per heavy atom. The molecule has 2 rings (SSSR count). The molecule has 20 heavy (non-hydrogen) atoms. The number of nitrogens with two attached hydrogens (primary N) is 1. The lowest BCUT2D eigenvalue weighted by Gasteiger charge is -2.14. The minimum atomic E-state index is -1.06. The third-order valence-corrected chi connectivity index (χ3v) is 3.35. The van der Waals surface area contributed by atoms with E-state index in [0.29, 0.717) is 5.75 Å². The third-order valence-electron chi connectivity index (χ3n) is 3.35. The first-order valence-electron chi connectivity index (χ1n) is 6.27. The van der Waals surface area contributed by atoms with E-state index in [1.807, 2.05) is 32.9 Å². The maximum absolute atomic E-state index is 11.1. The van der Waals surface area contributed by atoms with Crippen molar-refractivity contribution in [2.24, 2.45) is 0 Å². The number of carbonyl (C=O) groups is 1. The summed E-state index contributed by atoms with van der Waals surface area (Å²) < 4.78 is 5.85. The molecular formula is C16H17NO3. The van der Waals surface area contributed by atoms with Crippen LogP contribution >= 0.6 is 0 Å². The summed E-state index contributed by atoms with van der Waals surface area (Å²) >= 11 is 0. The van der Waals surface area contributed by atoms with Gasteiger partial charge in [-0.3, -0.25) is 0 Å². The fourth-order valence-corrected chi connectivity index (χ4v) is 1.98. The zero-order chi connectivity index (χ0) is 14.9. The summed E-state index contributed by atoms with van der Waals surface area (Å²) in [5.41, 5.74) is 9.07. The number of anilines is 1. The van der Waals surface area contributed by atoms with Gasteiger partial charge >= 0.3 is 5.97 Å². The van der Waals surface area contributed by atoms with E-state index in [1.54, 1.807) is 12.1 Å². The van der Waals surface area contributed by atoms with Gasteiger partial charge in [-0.2, -0.15) is 0 Å². The third kappa shape index (κ3) is 2.59. The van der Waals surface area contributed by atoms with Crippen LogP contribution < -0.4 is 10.5 Å². The summed E-state index contributed by atoms with van der Waals surface area (Å²) in [6.07, 6.45) is 0. The van der Waals surface area contributed by atoms with E-state index >= 15 is 0 Å². The number of aromatic carboxylic acids is 1. The number of carboxylic acid groups (broad SMARTS) is 1. The van der Waals surface area contributed by atoms with Crippen LogP contribution in [0.5, 0.6) is 11.5 Å². The largest absolute Gasteiger partial charge is 0.478 e. The van der Waals surface area contributed by atoms with Crippen molar-refractivity contribution in [2.75, 3.05) is 5.73 Å². The van der Waals surface area contributed by atoms with Crippen molar-refractivity contribution >= 4 is 11.7 Å². The van der Waals surface area contributed by atoms with Gasteiger partial charge in [0.15, 0.2) is 0 Å². The highest BCUT2D eigenvalue weighted by Gasteiger charge is 2.12. The fraction of sp³-hybridized carbons (Fsp3) is 0.188. The van der Waals surface area contributed by atoms with Crippen LogP contribution in [0.4, 0.5) is 5.69 Å². The first-order chi connectivity index (χ1) is 9.40. The molecule has 0 fully saturated rings. The fourth-order valence-electron chi connectivity index (χ4n) is 1.98. The Morgan fingerprint density at radius 1 is 1.10 bits per heavy atom. The highest BCUT2D eigenvalue weighted by atomic mass is 16.5. The quantitative estimate of drug-likeness (QED) is 0.835. The molecule has 3 N–H and O–H groups in total. The van der Waals surface area contributed by atoms with Gasteiger partial charge in [-0.15, -0.1) is 0 Å². The standard InChI is InChI=1S/C16H17NO3/c1-9-4-5-10(2)15(11(9)3)20-12-6-7-14(17)13(8-12)16(18)19/h4-8H,17H2,1-3H3,(H,18,19). The van der Waals surface area contributed by atoms with E-state index in [9.17, 15) is 4.79 Å². The normalized spacial score (nSPS) is 10.3. The van der Waals surface area contributed by atoms with E-state index < -0.39 is 5.97 Å². The van der Waals surface area contributed by atoms with E-state index in [0.717, 1.165) is 22.4 Å². The Labute approximate surface area is 117 Å². The molecule has 2 aromatic rings. The molecule has 0 saturated heterocycles. The summed E-state index contributed by atoms with van der Waals surface area (Å²) in [6.45, 7) is 5.94. The number of ether oxygens (including phenoxy) is 1. The lowest BCUT2D eigenvalue weighted by molar-refractivity contribution is 0.0697. The van der Waals surface area contributed by atoms with Gasteiger partial charge in [-0.1, -0.05) is 12.1 Å². The van der Waals surface area contributed by atoms with Crippen molar-refractivity contribution in [2.45, 2.75) is 20.8 Å². The Kier molecular flexibility index (Phi) is 3.66. The summed E-state index contributed by atoms with van der Waals surface area (Å²) in [4.78, 5) is 11.1. The highest BCUT2D eigenvalue weighted by Crippen LogP contribution is 2.31. The van der Waals surface area contributed by atoms with Crippen LogP contribution in [0.15, 0.2) is 30.3 Å². The second kappa shape index (κ2) is 5.25. The molecule has 2 aromatic carbocycles. The van der Waals surface area contributed by atoms with E-state index in [4.69, 9.17) is 15.6 Å². The molecule has 0 unspecified atom stereocenters. The maximum atomic E-state index is 11.1. The van der Waals surface area contributed by atoms with Crippen LogP contribution in [-0.2, 0) is 0 Å². The van der Waals surface area contributed by atoms with Gasteiger partial charge in [0.2, 0.25) is 0 Å². The average Bonchev–Trinajstić information content (AvgIpc) is 2.40. The smallest absolute Gasteiger partial charge is 0.337 e.